The molecule has 1 aliphatic carbocycles. The van der Waals surface area contributed by atoms with E-state index in [1.54, 1.807) is 0 Å². The zero-order valence-electron chi connectivity index (χ0n) is 13.4. The van der Waals surface area contributed by atoms with Crippen LogP contribution in [0.4, 0.5) is 13.2 Å². The molecule has 0 unspecified atom stereocenters. The summed E-state index contributed by atoms with van der Waals surface area (Å²) in [6.45, 7) is 0. The third-order valence-corrected chi connectivity index (χ3v) is 5.57. The highest BCUT2D eigenvalue weighted by Crippen LogP contribution is 2.45. The molecule has 0 radical (unpaired) electrons. The fraction of sp³-hybridized carbons (Fsp3) is 0.312. The third kappa shape index (κ3) is 3.10. The topological polar surface area (TPSA) is 85.7 Å². The van der Waals surface area contributed by atoms with Gasteiger partial charge in [0.05, 0.1) is 30.5 Å². The van der Waals surface area contributed by atoms with Gasteiger partial charge >= 0.3 is 5.51 Å². The fourth-order valence-corrected chi connectivity index (χ4v) is 3.87. The van der Waals surface area contributed by atoms with Crippen LogP contribution >= 0.6 is 0 Å². The summed E-state index contributed by atoms with van der Waals surface area (Å²) in [6.07, 6.45) is 1.79. The highest BCUT2D eigenvalue weighted by molar-refractivity contribution is 7.92. The first kappa shape index (κ1) is 18.5. The normalized spacial score (nSPS) is 17.0. The molecule has 6 nitrogen and oxygen atoms in total. The molecule has 1 N–H and O–H groups in total. The summed E-state index contributed by atoms with van der Waals surface area (Å²) in [5, 5.41) is 10.0. The molecule has 1 aromatic carbocycles. The van der Waals surface area contributed by atoms with Crippen LogP contribution in [0.5, 0.6) is 17.2 Å². The monoisotopic (exact) mass is 389 g/mol. The van der Waals surface area contributed by atoms with Gasteiger partial charge in [-0.3, -0.25) is 4.98 Å². The Kier molecular flexibility index (Phi) is 4.57. The summed E-state index contributed by atoms with van der Waals surface area (Å²) in [6, 6.07) is 3.47. The lowest BCUT2D eigenvalue weighted by atomic mass is 10.1. The van der Waals surface area contributed by atoms with E-state index in [-0.39, 0.29) is 35.5 Å². The SMILES string of the molecule is COc1cncc(Oc2ccc(S(=O)(=O)C(F)(F)F)c3c2CC[C@@H]3O)c1. The number of pyridine rings is 1. The van der Waals surface area contributed by atoms with Crippen LogP contribution in [0.2, 0.25) is 0 Å². The molecule has 26 heavy (non-hydrogen) atoms. The molecule has 0 amide bonds. The Morgan fingerprint density at radius 2 is 1.92 bits per heavy atom. The zero-order chi connectivity index (χ0) is 19.1. The number of aliphatic hydroxyl groups is 1. The van der Waals surface area contributed by atoms with E-state index in [1.807, 2.05) is 0 Å². The minimum Gasteiger partial charge on any atom is -0.495 e. The first-order chi connectivity index (χ1) is 12.1. The summed E-state index contributed by atoms with van der Waals surface area (Å²) in [5.74, 6) is 0.836. The Labute approximate surface area is 147 Å². The molecule has 140 valence electrons. The summed E-state index contributed by atoms with van der Waals surface area (Å²) >= 11 is 0. The predicted molar refractivity (Wildman–Crippen MR) is 83.8 cm³/mol. The van der Waals surface area contributed by atoms with E-state index >= 15 is 0 Å². The van der Waals surface area contributed by atoms with Gasteiger partial charge in [0, 0.05) is 17.2 Å². The Morgan fingerprint density at radius 1 is 1.23 bits per heavy atom. The van der Waals surface area contributed by atoms with Crippen molar-refractivity contribution in [1.82, 2.24) is 4.98 Å². The van der Waals surface area contributed by atoms with Gasteiger partial charge in [0.2, 0.25) is 0 Å². The van der Waals surface area contributed by atoms with Gasteiger partial charge in [-0.05, 0) is 25.0 Å². The van der Waals surface area contributed by atoms with Gasteiger partial charge in [-0.15, -0.1) is 0 Å². The predicted octanol–water partition coefficient (Wildman–Crippen LogP) is 3.16. The van der Waals surface area contributed by atoms with E-state index in [0.717, 1.165) is 12.1 Å². The maximum atomic E-state index is 12.9. The number of aromatic nitrogens is 1. The fourth-order valence-electron chi connectivity index (χ4n) is 2.82. The van der Waals surface area contributed by atoms with Gasteiger partial charge in [-0.25, -0.2) is 8.42 Å². The summed E-state index contributed by atoms with van der Waals surface area (Å²) < 4.78 is 73.0. The molecule has 0 spiro atoms. The van der Waals surface area contributed by atoms with Crippen LogP contribution in [0.3, 0.4) is 0 Å². The van der Waals surface area contributed by atoms with Gasteiger partial charge in [-0.2, -0.15) is 13.2 Å². The average molecular weight is 389 g/mol. The maximum absolute atomic E-state index is 12.9. The summed E-state index contributed by atoms with van der Waals surface area (Å²) in [7, 11) is -4.15. The number of hydrogen-bond acceptors (Lipinski definition) is 6. The molecule has 10 heteroatoms. The van der Waals surface area contributed by atoms with Gasteiger partial charge in [-0.1, -0.05) is 0 Å². The smallest absolute Gasteiger partial charge is 0.495 e. The number of methoxy groups -OCH3 is 1. The first-order valence-corrected chi connectivity index (χ1v) is 8.95. The van der Waals surface area contributed by atoms with Crippen LogP contribution in [0.1, 0.15) is 23.7 Å². The summed E-state index contributed by atoms with van der Waals surface area (Å²) in [4.78, 5) is 2.96. The van der Waals surface area contributed by atoms with Crippen LogP contribution < -0.4 is 9.47 Å². The molecule has 1 aliphatic rings. The van der Waals surface area contributed by atoms with Crippen molar-refractivity contribution in [1.29, 1.82) is 0 Å². The molecule has 1 heterocycles. The number of benzene rings is 1. The average Bonchev–Trinajstić information content (AvgIpc) is 2.97. The van der Waals surface area contributed by atoms with Crippen LogP contribution in [-0.2, 0) is 16.3 Å². The Morgan fingerprint density at radius 3 is 2.58 bits per heavy atom. The highest BCUT2D eigenvalue weighted by Gasteiger charge is 2.49. The van der Waals surface area contributed by atoms with Crippen molar-refractivity contribution in [2.24, 2.45) is 0 Å². The minimum atomic E-state index is -5.58. The molecule has 1 aromatic heterocycles. The molecule has 2 aromatic rings. The number of nitrogens with zero attached hydrogens (tertiary/aromatic N) is 1. The van der Waals surface area contributed by atoms with Crippen molar-refractivity contribution < 1.29 is 36.2 Å². The second-order valence-corrected chi connectivity index (χ2v) is 7.53. The number of hydrogen-bond donors (Lipinski definition) is 1. The largest absolute Gasteiger partial charge is 0.501 e. The number of rotatable bonds is 4. The first-order valence-electron chi connectivity index (χ1n) is 7.47. The Bertz CT molecular complexity index is 943. The number of aliphatic hydroxyl groups excluding tert-OH is 1. The summed E-state index contributed by atoms with van der Waals surface area (Å²) in [5.41, 5.74) is -5.50. The van der Waals surface area contributed by atoms with Crippen molar-refractivity contribution >= 4 is 9.84 Å². The van der Waals surface area contributed by atoms with E-state index in [0.29, 0.717) is 5.75 Å². The molecule has 0 aliphatic heterocycles. The number of fused-ring (bicyclic) bond motifs is 1. The zero-order valence-corrected chi connectivity index (χ0v) is 14.3. The maximum Gasteiger partial charge on any atom is 0.501 e. The molecule has 3 rings (SSSR count). The van der Waals surface area contributed by atoms with Crippen LogP contribution in [0, 0.1) is 0 Å². The van der Waals surface area contributed by atoms with Gasteiger partial charge in [0.1, 0.15) is 17.2 Å². The van der Waals surface area contributed by atoms with Gasteiger partial charge in [0.25, 0.3) is 9.84 Å². The second-order valence-electron chi connectivity index (χ2n) is 5.62. The van der Waals surface area contributed by atoms with Crippen molar-refractivity contribution in [3.8, 4) is 17.2 Å². The lowest BCUT2D eigenvalue weighted by Crippen LogP contribution is -2.24. The molecular formula is C16H14F3NO5S. The quantitative estimate of drug-likeness (QED) is 0.865. The van der Waals surface area contributed by atoms with Crippen molar-refractivity contribution in [3.63, 3.8) is 0 Å². The number of ether oxygens (including phenoxy) is 2. The van der Waals surface area contributed by atoms with E-state index < -0.39 is 26.3 Å². The van der Waals surface area contributed by atoms with E-state index in [1.165, 1.54) is 25.6 Å². The van der Waals surface area contributed by atoms with Crippen LogP contribution in [0.15, 0.2) is 35.5 Å². The second kappa shape index (κ2) is 6.44. The number of alkyl halides is 3. The Hall–Kier alpha value is -2.33. The van der Waals surface area contributed by atoms with Gasteiger partial charge in [0.15, 0.2) is 0 Å². The van der Waals surface area contributed by atoms with E-state index in [9.17, 15) is 26.7 Å². The Balaban J connectivity index is 2.08. The molecule has 1 atom stereocenters. The molecule has 0 fully saturated rings. The standard InChI is InChI=1S/C16H14F3NO5S/c1-24-9-6-10(8-20-7-9)25-13-4-5-14(26(22,23)16(17,18)19)15-11(13)2-3-12(15)21/h4-8,12,21H,2-3H2,1H3/t12-/m0/s1. The number of sulfone groups is 1. The molecule has 0 saturated carbocycles. The molecular weight excluding hydrogens is 375 g/mol. The molecule has 0 saturated heterocycles. The van der Waals surface area contributed by atoms with Crippen molar-refractivity contribution in [2.45, 2.75) is 29.3 Å². The van der Waals surface area contributed by atoms with Crippen molar-refractivity contribution in [2.75, 3.05) is 7.11 Å². The van der Waals surface area contributed by atoms with E-state index in [2.05, 4.69) is 4.98 Å². The minimum absolute atomic E-state index is 0.104. The van der Waals surface area contributed by atoms with Gasteiger partial charge < -0.3 is 14.6 Å². The number of halogens is 3. The van der Waals surface area contributed by atoms with E-state index in [4.69, 9.17) is 9.47 Å². The lowest BCUT2D eigenvalue weighted by Gasteiger charge is -2.17. The molecule has 0 bridgehead atoms. The van der Waals surface area contributed by atoms with Crippen molar-refractivity contribution in [3.05, 3.63) is 41.7 Å². The third-order valence-electron chi connectivity index (χ3n) is 4.02. The lowest BCUT2D eigenvalue weighted by molar-refractivity contribution is -0.0437. The highest BCUT2D eigenvalue weighted by atomic mass is 32.2. The van der Waals surface area contributed by atoms with Crippen LogP contribution in [-0.4, -0.2) is 31.1 Å². The van der Waals surface area contributed by atoms with Crippen LogP contribution in [0.25, 0.3) is 0 Å².